The normalized spacial score (nSPS) is 12.4. The van der Waals surface area contributed by atoms with Gasteiger partial charge in [0.25, 0.3) is 40.5 Å². The number of hydrogen-bond acceptors (Lipinski definition) is 10. The van der Waals surface area contributed by atoms with Crippen LogP contribution in [-0.2, 0) is 63.2 Å². The van der Waals surface area contributed by atoms with E-state index in [-0.39, 0.29) is 11.1 Å². The van der Waals surface area contributed by atoms with Crippen molar-refractivity contribution in [2.75, 3.05) is 13.1 Å². The Morgan fingerprint density at radius 1 is 0.595 bits per heavy atom. The largest absolute Gasteiger partial charge is 0.333 e. The molecule has 20 heteroatoms. The molecule has 0 heterocycles. The molecule has 0 unspecified atom stereocenters. The number of rotatable bonds is 13. The first-order valence-electron chi connectivity index (χ1n) is 11.1. The van der Waals surface area contributed by atoms with E-state index in [1.54, 1.807) is 0 Å². The SMILES string of the molecule is C=CC(=O)N(CCN(Cc1ccc(S(=O)(=O)O)cc1S(=O)(=O)O)C(=O)C=C)Cc1ccc(S(=O)(=O)O)cc1S(=O)(=O)O. The Kier molecular flexibility index (Phi) is 10.6. The Balaban J connectivity index is 2.49. The molecule has 4 N–H and O–H groups in total. The van der Waals surface area contributed by atoms with E-state index in [1.807, 2.05) is 0 Å². The Labute approximate surface area is 241 Å². The van der Waals surface area contributed by atoms with Crippen molar-refractivity contribution in [2.24, 2.45) is 0 Å². The molecule has 0 fully saturated rings. The predicted octanol–water partition coefficient (Wildman–Crippen LogP) is 0.403. The van der Waals surface area contributed by atoms with Gasteiger partial charge in [-0.15, -0.1) is 0 Å². The van der Waals surface area contributed by atoms with Crippen LogP contribution in [0.2, 0.25) is 0 Å². The van der Waals surface area contributed by atoms with E-state index in [4.69, 9.17) is 0 Å². The summed E-state index contributed by atoms with van der Waals surface area (Å²) in [5.74, 6) is -1.64. The maximum atomic E-state index is 12.6. The van der Waals surface area contributed by atoms with Gasteiger partial charge in [-0.1, -0.05) is 25.3 Å². The Morgan fingerprint density at radius 2 is 0.905 bits per heavy atom. The fourth-order valence-electron chi connectivity index (χ4n) is 3.58. The van der Waals surface area contributed by atoms with Crippen molar-refractivity contribution in [3.05, 3.63) is 72.8 Å². The van der Waals surface area contributed by atoms with Gasteiger partial charge in [0, 0.05) is 26.2 Å². The highest BCUT2D eigenvalue weighted by atomic mass is 32.2. The molecule has 0 aliphatic heterocycles. The van der Waals surface area contributed by atoms with Gasteiger partial charge in [0.05, 0.1) is 9.79 Å². The van der Waals surface area contributed by atoms with Crippen molar-refractivity contribution in [3.63, 3.8) is 0 Å². The van der Waals surface area contributed by atoms with Gasteiger partial charge >= 0.3 is 0 Å². The standard InChI is InChI=1S/C22H24N2O14S4/c1-3-21(25)23(13-15-5-7-17(39(27,28)29)11-19(15)41(33,34)35)9-10-24(22(26)4-2)14-16-6-8-18(40(30,31)32)12-20(16)42(36,37)38/h3-8,11-12H,1-2,9-10,13-14H2,(H,27,28,29)(H,30,31,32)(H,33,34,35)(H,36,37,38). The van der Waals surface area contributed by atoms with E-state index in [0.717, 1.165) is 46.2 Å². The molecule has 2 amide bonds. The zero-order chi connectivity index (χ0) is 32.3. The molecule has 0 saturated heterocycles. The van der Waals surface area contributed by atoms with Crippen molar-refractivity contribution in [3.8, 4) is 0 Å². The summed E-state index contributed by atoms with van der Waals surface area (Å²) in [5.41, 5.74) is -0.590. The molecule has 0 aliphatic rings. The quantitative estimate of drug-likeness (QED) is 0.166. The van der Waals surface area contributed by atoms with Crippen LogP contribution in [0.4, 0.5) is 0 Å². The van der Waals surface area contributed by atoms with E-state index >= 15 is 0 Å². The lowest BCUT2D eigenvalue weighted by molar-refractivity contribution is -0.130. The highest BCUT2D eigenvalue weighted by molar-refractivity contribution is 7.87. The second-order valence-corrected chi connectivity index (χ2v) is 14.0. The van der Waals surface area contributed by atoms with Crippen LogP contribution in [0, 0.1) is 0 Å². The third-order valence-electron chi connectivity index (χ3n) is 5.56. The summed E-state index contributed by atoms with van der Waals surface area (Å²) in [7, 11) is -19.9. The summed E-state index contributed by atoms with van der Waals surface area (Å²) in [4.78, 5) is 23.4. The van der Waals surface area contributed by atoms with Gasteiger partial charge in [0.2, 0.25) is 11.8 Å². The zero-order valence-corrected chi connectivity index (χ0v) is 24.5. The molecule has 0 aromatic heterocycles. The maximum absolute atomic E-state index is 12.6. The third-order valence-corrected chi connectivity index (χ3v) is 9.13. The minimum Gasteiger partial charge on any atom is -0.333 e. The van der Waals surface area contributed by atoms with E-state index < -0.39 is 98.0 Å². The molecule has 2 aromatic carbocycles. The van der Waals surface area contributed by atoms with Crippen LogP contribution in [-0.4, -0.2) is 86.6 Å². The fourth-order valence-corrected chi connectivity index (χ4v) is 6.22. The monoisotopic (exact) mass is 668 g/mol. The zero-order valence-electron chi connectivity index (χ0n) is 21.3. The third kappa shape index (κ3) is 9.00. The van der Waals surface area contributed by atoms with E-state index in [2.05, 4.69) is 13.2 Å². The molecule has 0 bridgehead atoms. The molecule has 16 nitrogen and oxygen atoms in total. The van der Waals surface area contributed by atoms with Crippen molar-refractivity contribution in [1.29, 1.82) is 0 Å². The van der Waals surface area contributed by atoms with Crippen LogP contribution in [0.1, 0.15) is 11.1 Å². The Bertz CT molecular complexity index is 1730. The summed E-state index contributed by atoms with van der Waals surface area (Å²) in [6.07, 6.45) is 1.65. The van der Waals surface area contributed by atoms with Crippen molar-refractivity contribution < 1.29 is 61.5 Å². The molecule has 2 aromatic rings. The number of carbonyl (C=O) groups is 2. The molecule has 0 atom stereocenters. The second-order valence-electron chi connectivity index (χ2n) is 8.37. The topological polar surface area (TPSA) is 258 Å². The average Bonchev–Trinajstić information content (AvgIpc) is 2.86. The van der Waals surface area contributed by atoms with Crippen molar-refractivity contribution in [1.82, 2.24) is 9.80 Å². The smallest absolute Gasteiger partial charge is 0.294 e. The molecule has 2 rings (SSSR count). The fraction of sp³-hybridized carbons (Fsp3) is 0.182. The van der Waals surface area contributed by atoms with Crippen LogP contribution >= 0.6 is 0 Å². The molecule has 230 valence electrons. The van der Waals surface area contributed by atoms with Crippen LogP contribution in [0.25, 0.3) is 0 Å². The summed E-state index contributed by atoms with van der Waals surface area (Å²) < 4.78 is 131. The molecular weight excluding hydrogens is 645 g/mol. The second kappa shape index (κ2) is 12.8. The number of amides is 2. The highest BCUT2D eigenvalue weighted by Gasteiger charge is 2.25. The van der Waals surface area contributed by atoms with Gasteiger partial charge in [0.1, 0.15) is 9.79 Å². The molecular formula is C22H24N2O14S4. The number of carbonyl (C=O) groups excluding carboxylic acids is 2. The van der Waals surface area contributed by atoms with Crippen molar-refractivity contribution >= 4 is 52.3 Å². The van der Waals surface area contributed by atoms with Crippen LogP contribution < -0.4 is 0 Å². The predicted molar refractivity (Wildman–Crippen MR) is 143 cm³/mol. The lowest BCUT2D eigenvalue weighted by atomic mass is 10.2. The molecule has 0 radical (unpaired) electrons. The molecule has 0 saturated carbocycles. The molecule has 42 heavy (non-hydrogen) atoms. The molecule has 0 aliphatic carbocycles. The van der Waals surface area contributed by atoms with Gasteiger partial charge in [-0.05, 0) is 47.5 Å². The van der Waals surface area contributed by atoms with Gasteiger partial charge in [-0.2, -0.15) is 33.7 Å². The summed E-state index contributed by atoms with van der Waals surface area (Å²) in [6, 6.07) is 4.40. The summed E-state index contributed by atoms with van der Waals surface area (Å²) in [6.45, 7) is 4.64. The number of nitrogens with zero attached hydrogens (tertiary/aromatic N) is 2. The lowest BCUT2D eigenvalue weighted by Crippen LogP contribution is -2.40. The minimum atomic E-state index is -5.07. The van der Waals surface area contributed by atoms with Gasteiger partial charge in [-0.25, -0.2) is 0 Å². The van der Waals surface area contributed by atoms with Gasteiger partial charge in [0.15, 0.2) is 0 Å². The maximum Gasteiger partial charge on any atom is 0.294 e. The molecule has 0 spiro atoms. The Hall–Kier alpha value is -3.50. The first kappa shape index (κ1) is 34.7. The Morgan fingerprint density at radius 3 is 1.14 bits per heavy atom. The summed E-state index contributed by atoms with van der Waals surface area (Å²) in [5, 5.41) is 0. The lowest BCUT2D eigenvalue weighted by Gasteiger charge is -2.28. The summed E-state index contributed by atoms with van der Waals surface area (Å²) >= 11 is 0. The van der Waals surface area contributed by atoms with Crippen LogP contribution in [0.3, 0.4) is 0 Å². The van der Waals surface area contributed by atoms with Gasteiger partial charge < -0.3 is 9.80 Å². The van der Waals surface area contributed by atoms with E-state index in [9.17, 15) is 61.5 Å². The van der Waals surface area contributed by atoms with Crippen LogP contribution in [0.5, 0.6) is 0 Å². The van der Waals surface area contributed by atoms with E-state index in [1.165, 1.54) is 0 Å². The minimum absolute atomic E-state index is 0.295. The van der Waals surface area contributed by atoms with Crippen LogP contribution in [0.15, 0.2) is 81.3 Å². The average molecular weight is 669 g/mol. The highest BCUT2D eigenvalue weighted by Crippen LogP contribution is 2.24. The number of hydrogen-bond donors (Lipinski definition) is 4. The first-order chi connectivity index (χ1) is 19.1. The van der Waals surface area contributed by atoms with Gasteiger partial charge in [-0.3, -0.25) is 27.8 Å². The van der Waals surface area contributed by atoms with Crippen molar-refractivity contribution in [2.45, 2.75) is 32.7 Å². The van der Waals surface area contributed by atoms with E-state index in [0.29, 0.717) is 12.1 Å². The first-order valence-corrected chi connectivity index (χ1v) is 16.8. The number of benzene rings is 2.